The molecule has 0 spiro atoms. The average Bonchev–Trinajstić information content (AvgIpc) is 2.48. The van der Waals surface area contributed by atoms with Gasteiger partial charge in [-0.3, -0.25) is 4.68 Å². The molecule has 1 heterocycles. The molecule has 4 nitrogen and oxygen atoms in total. The van der Waals surface area contributed by atoms with Crippen LogP contribution in [-0.2, 0) is 7.05 Å². The molecule has 1 aromatic rings. The molecule has 96 valence electrons. The zero-order chi connectivity index (χ0) is 12.3. The quantitative estimate of drug-likeness (QED) is 0.830. The van der Waals surface area contributed by atoms with Crippen molar-refractivity contribution in [3.05, 3.63) is 5.69 Å². The van der Waals surface area contributed by atoms with E-state index in [0.717, 1.165) is 17.2 Å². The first-order valence-corrected chi connectivity index (χ1v) is 6.74. The topological polar surface area (TPSA) is 55.9 Å². The van der Waals surface area contributed by atoms with Gasteiger partial charge in [-0.1, -0.05) is 32.1 Å². The Bertz CT molecular complexity index is 362. The number of aryl methyl sites for hydroxylation is 2. The third kappa shape index (κ3) is 2.93. The summed E-state index contributed by atoms with van der Waals surface area (Å²) in [5, 5.41) is 7.93. The van der Waals surface area contributed by atoms with Gasteiger partial charge in [-0.15, -0.1) is 0 Å². The predicted octanol–water partition coefficient (Wildman–Crippen LogP) is 2.84. The van der Waals surface area contributed by atoms with Crippen molar-refractivity contribution >= 4 is 11.5 Å². The summed E-state index contributed by atoms with van der Waals surface area (Å²) in [6, 6.07) is 0.562. The minimum absolute atomic E-state index is 0.562. The number of aromatic nitrogens is 2. The zero-order valence-corrected chi connectivity index (χ0v) is 11.0. The molecule has 0 unspecified atom stereocenters. The standard InChI is InChI=1S/C13H24N4/c1-10-12(14)13(17(2)16-10)15-11-8-6-4-3-5-7-9-11/h11,15H,3-9,14H2,1-2H3. The lowest BCUT2D eigenvalue weighted by Crippen LogP contribution is -2.22. The van der Waals surface area contributed by atoms with E-state index in [1.807, 2.05) is 18.7 Å². The molecule has 0 aromatic carbocycles. The summed E-state index contributed by atoms with van der Waals surface area (Å²) in [5.41, 5.74) is 7.76. The largest absolute Gasteiger partial charge is 0.394 e. The summed E-state index contributed by atoms with van der Waals surface area (Å²) < 4.78 is 1.86. The molecule has 0 saturated heterocycles. The fraction of sp³-hybridized carbons (Fsp3) is 0.769. The van der Waals surface area contributed by atoms with E-state index in [2.05, 4.69) is 10.4 Å². The highest BCUT2D eigenvalue weighted by molar-refractivity contribution is 5.64. The molecule has 0 atom stereocenters. The third-order valence-electron chi connectivity index (χ3n) is 3.71. The summed E-state index contributed by atoms with van der Waals surface area (Å²) in [6.07, 6.45) is 9.31. The Kier molecular flexibility index (Phi) is 3.92. The van der Waals surface area contributed by atoms with E-state index in [1.165, 1.54) is 44.9 Å². The van der Waals surface area contributed by atoms with Crippen LogP contribution in [0.15, 0.2) is 0 Å². The highest BCUT2D eigenvalue weighted by Gasteiger charge is 2.16. The number of hydrogen-bond donors (Lipinski definition) is 2. The van der Waals surface area contributed by atoms with Crippen LogP contribution in [0, 0.1) is 6.92 Å². The minimum Gasteiger partial charge on any atom is -0.394 e. The van der Waals surface area contributed by atoms with Crippen LogP contribution >= 0.6 is 0 Å². The van der Waals surface area contributed by atoms with Gasteiger partial charge in [-0.25, -0.2) is 0 Å². The Labute approximate surface area is 104 Å². The number of nitrogens with one attached hydrogen (secondary N) is 1. The maximum absolute atomic E-state index is 6.04. The second kappa shape index (κ2) is 5.43. The van der Waals surface area contributed by atoms with Crippen molar-refractivity contribution in [2.75, 3.05) is 11.1 Å². The van der Waals surface area contributed by atoms with Crippen LogP contribution < -0.4 is 11.1 Å². The molecule has 0 bridgehead atoms. The van der Waals surface area contributed by atoms with Gasteiger partial charge < -0.3 is 11.1 Å². The minimum atomic E-state index is 0.562. The molecular formula is C13H24N4. The van der Waals surface area contributed by atoms with E-state index in [1.54, 1.807) is 0 Å². The van der Waals surface area contributed by atoms with Crippen LogP contribution in [0.1, 0.15) is 50.6 Å². The molecule has 1 fully saturated rings. The molecular weight excluding hydrogens is 212 g/mol. The molecule has 0 radical (unpaired) electrons. The van der Waals surface area contributed by atoms with E-state index >= 15 is 0 Å². The molecule has 0 aliphatic heterocycles. The van der Waals surface area contributed by atoms with Crippen molar-refractivity contribution in [2.45, 2.75) is 57.9 Å². The van der Waals surface area contributed by atoms with Gasteiger partial charge >= 0.3 is 0 Å². The molecule has 1 aliphatic carbocycles. The van der Waals surface area contributed by atoms with Gasteiger partial charge in [-0.05, 0) is 19.8 Å². The van der Waals surface area contributed by atoms with Crippen molar-refractivity contribution < 1.29 is 0 Å². The van der Waals surface area contributed by atoms with E-state index in [4.69, 9.17) is 5.73 Å². The monoisotopic (exact) mass is 236 g/mol. The Morgan fingerprint density at radius 2 is 1.76 bits per heavy atom. The first kappa shape index (κ1) is 12.3. The second-order valence-electron chi connectivity index (χ2n) is 5.16. The lowest BCUT2D eigenvalue weighted by Gasteiger charge is -2.22. The van der Waals surface area contributed by atoms with Crippen molar-refractivity contribution in [1.82, 2.24) is 9.78 Å². The van der Waals surface area contributed by atoms with E-state index in [0.29, 0.717) is 6.04 Å². The fourth-order valence-electron chi connectivity index (χ4n) is 2.64. The van der Waals surface area contributed by atoms with Gasteiger partial charge in [0.1, 0.15) is 5.82 Å². The van der Waals surface area contributed by atoms with Crippen molar-refractivity contribution in [3.8, 4) is 0 Å². The van der Waals surface area contributed by atoms with Crippen LogP contribution in [0.5, 0.6) is 0 Å². The third-order valence-corrected chi connectivity index (χ3v) is 3.71. The highest BCUT2D eigenvalue weighted by atomic mass is 15.3. The molecule has 2 rings (SSSR count). The van der Waals surface area contributed by atoms with E-state index < -0.39 is 0 Å². The van der Waals surface area contributed by atoms with Crippen molar-refractivity contribution in [1.29, 1.82) is 0 Å². The summed E-state index contributed by atoms with van der Waals surface area (Å²) in [5.74, 6) is 0.994. The van der Waals surface area contributed by atoms with Crippen LogP contribution in [0.3, 0.4) is 0 Å². The predicted molar refractivity (Wildman–Crippen MR) is 72.1 cm³/mol. The van der Waals surface area contributed by atoms with Gasteiger partial charge in [0, 0.05) is 13.1 Å². The van der Waals surface area contributed by atoms with Gasteiger partial charge in [-0.2, -0.15) is 5.10 Å². The molecule has 3 N–H and O–H groups in total. The molecule has 1 aliphatic rings. The number of rotatable bonds is 2. The van der Waals surface area contributed by atoms with Crippen LogP contribution in [-0.4, -0.2) is 15.8 Å². The summed E-state index contributed by atoms with van der Waals surface area (Å²) in [6.45, 7) is 1.96. The number of nitrogens with zero attached hydrogens (tertiary/aromatic N) is 2. The summed E-state index contributed by atoms with van der Waals surface area (Å²) in [4.78, 5) is 0. The number of anilines is 2. The summed E-state index contributed by atoms with van der Waals surface area (Å²) in [7, 11) is 1.95. The number of nitrogen functional groups attached to an aromatic ring is 1. The van der Waals surface area contributed by atoms with E-state index in [-0.39, 0.29) is 0 Å². The lowest BCUT2D eigenvalue weighted by atomic mass is 9.97. The Balaban J connectivity index is 2.03. The molecule has 0 amide bonds. The maximum Gasteiger partial charge on any atom is 0.147 e. The van der Waals surface area contributed by atoms with Gasteiger partial charge in [0.25, 0.3) is 0 Å². The van der Waals surface area contributed by atoms with Gasteiger partial charge in [0.05, 0.1) is 11.4 Å². The lowest BCUT2D eigenvalue weighted by molar-refractivity contribution is 0.469. The first-order valence-electron chi connectivity index (χ1n) is 6.74. The Morgan fingerprint density at radius 3 is 2.29 bits per heavy atom. The fourth-order valence-corrected chi connectivity index (χ4v) is 2.64. The van der Waals surface area contributed by atoms with Gasteiger partial charge in [0.15, 0.2) is 0 Å². The van der Waals surface area contributed by atoms with Crippen molar-refractivity contribution in [2.24, 2.45) is 7.05 Å². The SMILES string of the molecule is Cc1nn(C)c(NC2CCCCCCC2)c1N. The van der Waals surface area contributed by atoms with Crippen LogP contribution in [0.25, 0.3) is 0 Å². The Morgan fingerprint density at radius 1 is 1.18 bits per heavy atom. The highest BCUT2D eigenvalue weighted by Crippen LogP contribution is 2.25. The smallest absolute Gasteiger partial charge is 0.147 e. The molecule has 17 heavy (non-hydrogen) atoms. The number of nitrogens with two attached hydrogens (primary N) is 1. The Hall–Kier alpha value is -1.19. The first-order chi connectivity index (χ1) is 8.18. The van der Waals surface area contributed by atoms with Crippen LogP contribution in [0.2, 0.25) is 0 Å². The summed E-state index contributed by atoms with van der Waals surface area (Å²) >= 11 is 0. The maximum atomic E-state index is 6.04. The average molecular weight is 236 g/mol. The normalized spacial score (nSPS) is 18.7. The number of hydrogen-bond acceptors (Lipinski definition) is 3. The molecule has 4 heteroatoms. The second-order valence-corrected chi connectivity index (χ2v) is 5.16. The van der Waals surface area contributed by atoms with Crippen molar-refractivity contribution in [3.63, 3.8) is 0 Å². The van der Waals surface area contributed by atoms with E-state index in [9.17, 15) is 0 Å². The molecule has 1 saturated carbocycles. The van der Waals surface area contributed by atoms with Crippen LogP contribution in [0.4, 0.5) is 11.5 Å². The van der Waals surface area contributed by atoms with Gasteiger partial charge in [0.2, 0.25) is 0 Å². The zero-order valence-electron chi connectivity index (χ0n) is 11.0. The molecule has 1 aromatic heterocycles.